The smallest absolute Gasteiger partial charge is 0.194 e. The zero-order valence-electron chi connectivity index (χ0n) is 12.8. The van der Waals surface area contributed by atoms with Gasteiger partial charge in [0.15, 0.2) is 11.9 Å². The molecule has 2 rings (SSSR count). The first-order valence-corrected chi connectivity index (χ1v) is 7.23. The van der Waals surface area contributed by atoms with Crippen LogP contribution in [0.3, 0.4) is 0 Å². The zero-order chi connectivity index (χ0) is 15.2. The molecule has 0 radical (unpaired) electrons. The number of aromatic nitrogens is 1. The van der Waals surface area contributed by atoms with E-state index in [9.17, 15) is 0 Å². The summed E-state index contributed by atoms with van der Waals surface area (Å²) in [4.78, 5) is 8.62. The van der Waals surface area contributed by atoms with Gasteiger partial charge < -0.3 is 15.5 Å². The Hall–Kier alpha value is -2.30. The number of nitrogens with zero attached hydrogens (tertiary/aromatic N) is 2. The number of rotatable bonds is 5. The van der Waals surface area contributed by atoms with Gasteiger partial charge in [-0.1, -0.05) is 26.0 Å². The molecule has 21 heavy (non-hydrogen) atoms. The Balaban J connectivity index is 2.01. The van der Waals surface area contributed by atoms with Gasteiger partial charge in [0.1, 0.15) is 12.3 Å². The quantitative estimate of drug-likeness (QED) is 0.654. The van der Waals surface area contributed by atoms with Crippen molar-refractivity contribution in [3.8, 4) is 0 Å². The highest BCUT2D eigenvalue weighted by atomic mass is 16.4. The summed E-state index contributed by atoms with van der Waals surface area (Å²) in [7, 11) is 0. The maximum atomic E-state index is 5.91. The Morgan fingerprint density at radius 1 is 1.33 bits per heavy atom. The number of nitrogens with two attached hydrogens (primary N) is 1. The molecule has 0 atom stereocenters. The maximum Gasteiger partial charge on any atom is 0.194 e. The molecule has 112 valence electrons. The lowest BCUT2D eigenvalue weighted by Gasteiger charge is -2.06. The second-order valence-corrected chi connectivity index (χ2v) is 4.85. The molecule has 0 unspecified atom stereocenters. The molecule has 0 aliphatic carbocycles. The van der Waals surface area contributed by atoms with Crippen molar-refractivity contribution < 1.29 is 4.42 Å². The Morgan fingerprint density at radius 2 is 2.14 bits per heavy atom. The first kappa shape index (κ1) is 15.1. The van der Waals surface area contributed by atoms with E-state index in [2.05, 4.69) is 34.3 Å². The summed E-state index contributed by atoms with van der Waals surface area (Å²) in [6, 6.07) is 8.12. The van der Waals surface area contributed by atoms with Crippen molar-refractivity contribution in [3.63, 3.8) is 0 Å². The van der Waals surface area contributed by atoms with Gasteiger partial charge in [-0.15, -0.1) is 0 Å². The van der Waals surface area contributed by atoms with E-state index in [4.69, 9.17) is 10.2 Å². The van der Waals surface area contributed by atoms with Gasteiger partial charge in [0.2, 0.25) is 0 Å². The Labute approximate surface area is 125 Å². The first-order valence-electron chi connectivity index (χ1n) is 7.23. The highest BCUT2D eigenvalue weighted by Gasteiger charge is 2.07. The lowest BCUT2D eigenvalue weighted by atomic mass is 10.1. The van der Waals surface area contributed by atoms with Crippen molar-refractivity contribution in [3.05, 3.63) is 47.2 Å². The number of aliphatic imine (C=N–C) groups is 1. The molecule has 0 spiro atoms. The van der Waals surface area contributed by atoms with E-state index < -0.39 is 0 Å². The van der Waals surface area contributed by atoms with Crippen molar-refractivity contribution in [1.82, 2.24) is 4.98 Å². The third-order valence-corrected chi connectivity index (χ3v) is 3.24. The van der Waals surface area contributed by atoms with E-state index in [1.165, 1.54) is 5.56 Å². The molecule has 1 aromatic carbocycles. The molecule has 1 heterocycles. The molecule has 0 aliphatic rings. The van der Waals surface area contributed by atoms with E-state index in [1.54, 1.807) is 0 Å². The monoisotopic (exact) mass is 286 g/mol. The van der Waals surface area contributed by atoms with E-state index in [-0.39, 0.29) is 0 Å². The Morgan fingerprint density at radius 3 is 2.81 bits per heavy atom. The fourth-order valence-corrected chi connectivity index (χ4v) is 2.00. The van der Waals surface area contributed by atoms with Crippen LogP contribution in [0.5, 0.6) is 0 Å². The molecule has 0 bridgehead atoms. The largest absolute Gasteiger partial charge is 0.443 e. The highest BCUT2D eigenvalue weighted by molar-refractivity contribution is 5.92. The fraction of sp³-hybridized carbons (Fsp3) is 0.375. The van der Waals surface area contributed by atoms with Crippen LogP contribution in [0.25, 0.3) is 0 Å². The van der Waals surface area contributed by atoms with Crippen LogP contribution in [0, 0.1) is 6.92 Å². The number of nitrogens with one attached hydrogen (secondary N) is 1. The number of hydrogen-bond donors (Lipinski definition) is 2. The summed E-state index contributed by atoms with van der Waals surface area (Å²) in [5, 5.41) is 3.09. The minimum absolute atomic E-state index is 0.372. The predicted octanol–water partition coefficient (Wildman–Crippen LogP) is 3.03. The van der Waals surface area contributed by atoms with Crippen LogP contribution in [0.4, 0.5) is 5.69 Å². The van der Waals surface area contributed by atoms with Crippen LogP contribution in [-0.2, 0) is 19.4 Å². The van der Waals surface area contributed by atoms with Gasteiger partial charge in [0.05, 0.1) is 5.69 Å². The van der Waals surface area contributed by atoms with Crippen LogP contribution in [0.15, 0.2) is 33.7 Å². The number of guanidine groups is 1. The summed E-state index contributed by atoms with van der Waals surface area (Å²) in [6.07, 6.45) is 1.77. The standard InChI is InChI=1S/C16H22N4O/c1-4-12-7-6-8-13(9-12)20-16(17)18-10-14-11(3)19-15(5-2)21-14/h6-9H,4-5,10H2,1-3H3,(H3,17,18,20). The Bertz CT molecular complexity index is 631. The van der Waals surface area contributed by atoms with Gasteiger partial charge in [-0.3, -0.25) is 0 Å². The number of benzene rings is 1. The topological polar surface area (TPSA) is 76.4 Å². The van der Waals surface area contributed by atoms with Gasteiger partial charge in [-0.2, -0.15) is 0 Å². The predicted molar refractivity (Wildman–Crippen MR) is 85.4 cm³/mol. The summed E-state index contributed by atoms with van der Waals surface area (Å²) in [6.45, 7) is 6.44. The lowest BCUT2D eigenvalue weighted by molar-refractivity contribution is 0.461. The van der Waals surface area contributed by atoms with Crippen LogP contribution in [0.1, 0.15) is 36.8 Å². The SMILES string of the molecule is CCc1cccc(NC(N)=NCc2oc(CC)nc2C)c1. The number of anilines is 1. The van der Waals surface area contributed by atoms with Crippen molar-refractivity contribution in [2.24, 2.45) is 10.7 Å². The normalized spacial score (nSPS) is 11.7. The number of oxazole rings is 1. The number of aryl methyl sites for hydroxylation is 3. The van der Waals surface area contributed by atoms with Crippen molar-refractivity contribution >= 4 is 11.6 Å². The van der Waals surface area contributed by atoms with Crippen LogP contribution in [0.2, 0.25) is 0 Å². The van der Waals surface area contributed by atoms with Crippen LogP contribution >= 0.6 is 0 Å². The van der Waals surface area contributed by atoms with Crippen LogP contribution < -0.4 is 11.1 Å². The van der Waals surface area contributed by atoms with E-state index in [0.29, 0.717) is 12.5 Å². The van der Waals surface area contributed by atoms with Crippen molar-refractivity contribution in [1.29, 1.82) is 0 Å². The van der Waals surface area contributed by atoms with Crippen LogP contribution in [-0.4, -0.2) is 10.9 Å². The molecule has 0 amide bonds. The summed E-state index contributed by atoms with van der Waals surface area (Å²) < 4.78 is 5.60. The molecule has 0 saturated carbocycles. The fourth-order valence-electron chi connectivity index (χ4n) is 2.00. The molecule has 5 nitrogen and oxygen atoms in total. The van der Waals surface area contributed by atoms with Crippen molar-refractivity contribution in [2.75, 3.05) is 5.32 Å². The van der Waals surface area contributed by atoms with Crippen molar-refractivity contribution in [2.45, 2.75) is 40.2 Å². The second-order valence-electron chi connectivity index (χ2n) is 4.85. The van der Waals surface area contributed by atoms with E-state index >= 15 is 0 Å². The summed E-state index contributed by atoms with van der Waals surface area (Å²) in [5.41, 5.74) is 8.98. The highest BCUT2D eigenvalue weighted by Crippen LogP contribution is 2.13. The van der Waals surface area contributed by atoms with E-state index in [0.717, 1.165) is 35.9 Å². The molecular formula is C16H22N4O. The third-order valence-electron chi connectivity index (χ3n) is 3.24. The first-order chi connectivity index (χ1) is 10.1. The van der Waals surface area contributed by atoms with Gasteiger partial charge in [0.25, 0.3) is 0 Å². The average Bonchev–Trinajstić information content (AvgIpc) is 2.86. The zero-order valence-corrected chi connectivity index (χ0v) is 12.8. The second kappa shape index (κ2) is 6.92. The average molecular weight is 286 g/mol. The molecule has 2 aromatic rings. The molecule has 1 aromatic heterocycles. The summed E-state index contributed by atoms with van der Waals surface area (Å²) >= 11 is 0. The third kappa shape index (κ3) is 4.08. The maximum absolute atomic E-state index is 5.91. The van der Waals surface area contributed by atoms with E-state index in [1.807, 2.05) is 26.0 Å². The van der Waals surface area contributed by atoms with Gasteiger partial charge >= 0.3 is 0 Å². The minimum Gasteiger partial charge on any atom is -0.443 e. The molecular weight excluding hydrogens is 264 g/mol. The molecule has 5 heteroatoms. The molecule has 0 aliphatic heterocycles. The molecule has 0 saturated heterocycles. The lowest BCUT2D eigenvalue weighted by Crippen LogP contribution is -2.22. The Kier molecular flexibility index (Phi) is 4.98. The van der Waals surface area contributed by atoms with Gasteiger partial charge in [-0.25, -0.2) is 9.98 Å². The van der Waals surface area contributed by atoms with Gasteiger partial charge in [-0.05, 0) is 31.0 Å². The minimum atomic E-state index is 0.372. The molecule has 3 N–H and O–H groups in total. The summed E-state index contributed by atoms with van der Waals surface area (Å²) in [5.74, 6) is 1.87. The van der Waals surface area contributed by atoms with Gasteiger partial charge in [0, 0.05) is 12.1 Å². The number of hydrogen-bond acceptors (Lipinski definition) is 3. The molecule has 0 fully saturated rings.